The van der Waals surface area contributed by atoms with Gasteiger partial charge in [0.05, 0.1) is 0 Å². The molecule has 0 aliphatic carbocycles. The van der Waals surface area contributed by atoms with E-state index in [-0.39, 0.29) is 17.1 Å². The Bertz CT molecular complexity index is 245. The van der Waals surface area contributed by atoms with Crippen molar-refractivity contribution >= 4 is 33.2 Å². The predicted molar refractivity (Wildman–Crippen MR) is 59.0 cm³/mol. The standard InChI is InChI=1S/C7H14N2O5Se.ClH/c8-7(15)9-6-5(13)4(12)3(11)2(1-10)14-6;/h2-6,10-13H,1H2,(H3,8,9,15);1H/t2-,3-,4+,5-,6?;/m1./s1. The third-order valence-corrected chi connectivity index (χ3v) is 2.44. The van der Waals surface area contributed by atoms with Crippen LogP contribution in [0.15, 0.2) is 0 Å². The predicted octanol–water partition coefficient (Wildman–Crippen LogP) is -3.37. The summed E-state index contributed by atoms with van der Waals surface area (Å²) in [5, 5.41) is 46.7. The van der Waals surface area contributed by atoms with Crippen LogP contribution in [0.3, 0.4) is 0 Å². The molecule has 5 atom stereocenters. The van der Waals surface area contributed by atoms with Crippen molar-refractivity contribution in [3.05, 3.63) is 0 Å². The number of amidine groups is 1. The second-order valence-corrected chi connectivity index (χ2v) is 4.18. The Hall–Kier alpha value is 0.0795. The van der Waals surface area contributed by atoms with Gasteiger partial charge in [0.1, 0.15) is 0 Å². The Balaban J connectivity index is 0.00000225. The van der Waals surface area contributed by atoms with Crippen LogP contribution in [0.1, 0.15) is 0 Å². The molecule has 1 aliphatic rings. The van der Waals surface area contributed by atoms with E-state index in [0.29, 0.717) is 0 Å². The average Bonchev–Trinajstić information content (AvgIpc) is 2.18. The van der Waals surface area contributed by atoms with Crippen molar-refractivity contribution < 1.29 is 25.2 Å². The van der Waals surface area contributed by atoms with Gasteiger partial charge in [-0.3, -0.25) is 0 Å². The molecule has 6 N–H and O–H groups in total. The third kappa shape index (κ3) is 3.54. The second kappa shape index (κ2) is 6.73. The molecule has 0 amide bonds. The van der Waals surface area contributed by atoms with Crippen LogP contribution in [0.2, 0.25) is 0 Å². The van der Waals surface area contributed by atoms with Crippen LogP contribution >= 0.6 is 12.4 Å². The number of nitrogens with one attached hydrogen (secondary N) is 2. The van der Waals surface area contributed by atoms with Crippen molar-refractivity contribution in [1.29, 1.82) is 5.41 Å². The zero-order valence-corrected chi connectivity index (χ0v) is 10.8. The number of rotatable bonds is 2. The van der Waals surface area contributed by atoms with Crippen LogP contribution in [-0.4, -0.2) is 78.4 Å². The summed E-state index contributed by atoms with van der Waals surface area (Å²) in [6.45, 7) is -0.477. The Labute approximate surface area is 107 Å². The van der Waals surface area contributed by atoms with Gasteiger partial charge in [-0.1, -0.05) is 0 Å². The van der Waals surface area contributed by atoms with E-state index in [2.05, 4.69) is 5.32 Å². The number of aliphatic hydroxyl groups excluding tert-OH is 4. The molecule has 0 spiro atoms. The first-order valence-corrected chi connectivity index (χ1v) is 5.25. The fourth-order valence-corrected chi connectivity index (χ4v) is 1.62. The molecule has 0 radical (unpaired) electrons. The summed E-state index contributed by atoms with van der Waals surface area (Å²) in [7, 11) is 0. The molecule has 0 bridgehead atoms. The summed E-state index contributed by atoms with van der Waals surface area (Å²) >= 11 is 1.89. The Kier molecular flexibility index (Phi) is 6.76. The van der Waals surface area contributed by atoms with Gasteiger partial charge in [-0.05, 0) is 0 Å². The first-order chi connectivity index (χ1) is 6.97. The minimum atomic E-state index is -1.42. The van der Waals surface area contributed by atoms with Crippen LogP contribution in [0.25, 0.3) is 0 Å². The average molecular weight is 322 g/mol. The first kappa shape index (κ1) is 16.1. The van der Waals surface area contributed by atoms with Crippen molar-refractivity contribution in [2.45, 2.75) is 30.6 Å². The molecular weight excluding hydrogens is 306 g/mol. The van der Waals surface area contributed by atoms with Gasteiger partial charge in [0.25, 0.3) is 0 Å². The van der Waals surface area contributed by atoms with Gasteiger partial charge in [0.2, 0.25) is 0 Å². The monoisotopic (exact) mass is 322 g/mol. The van der Waals surface area contributed by atoms with Crippen molar-refractivity contribution in [1.82, 2.24) is 5.32 Å². The van der Waals surface area contributed by atoms with E-state index in [1.54, 1.807) is 0 Å². The molecule has 1 rings (SSSR count). The van der Waals surface area contributed by atoms with Gasteiger partial charge in [-0.15, -0.1) is 12.4 Å². The van der Waals surface area contributed by atoms with Gasteiger partial charge < -0.3 is 0 Å². The van der Waals surface area contributed by atoms with E-state index >= 15 is 0 Å². The molecule has 16 heavy (non-hydrogen) atoms. The van der Waals surface area contributed by atoms with Gasteiger partial charge in [0.15, 0.2) is 0 Å². The summed E-state index contributed by atoms with van der Waals surface area (Å²) in [4.78, 5) is 0. The van der Waals surface area contributed by atoms with Crippen LogP contribution in [0, 0.1) is 5.41 Å². The molecule has 1 fully saturated rings. The summed E-state index contributed by atoms with van der Waals surface area (Å²) in [5.41, 5.74) is 0. The van der Waals surface area contributed by atoms with E-state index in [1.165, 1.54) is 0 Å². The molecule has 96 valence electrons. The molecule has 1 heterocycles. The number of halogens is 1. The zero-order valence-electron chi connectivity index (χ0n) is 8.15. The molecule has 9 heteroatoms. The fourth-order valence-electron chi connectivity index (χ4n) is 1.36. The van der Waals surface area contributed by atoms with Crippen molar-refractivity contribution in [2.75, 3.05) is 6.61 Å². The van der Waals surface area contributed by atoms with Crippen LogP contribution in [0.5, 0.6) is 0 Å². The molecule has 7 nitrogen and oxygen atoms in total. The number of hydrogen-bond donors (Lipinski definition) is 6. The number of hydrogen-bond acceptors (Lipinski definition) is 6. The maximum atomic E-state index is 9.49. The Morgan fingerprint density at radius 2 is 1.81 bits per heavy atom. The van der Waals surface area contributed by atoms with Crippen LogP contribution in [0.4, 0.5) is 0 Å². The molecule has 1 saturated heterocycles. The van der Waals surface area contributed by atoms with E-state index < -0.39 is 37.3 Å². The molecule has 1 aliphatic heterocycles. The molecule has 0 saturated carbocycles. The molecular formula is C7H15ClN2O5Se. The van der Waals surface area contributed by atoms with Crippen LogP contribution in [-0.2, 0) is 4.74 Å². The third-order valence-electron chi connectivity index (χ3n) is 2.17. The fraction of sp³-hybridized carbons (Fsp3) is 0.857. The number of aliphatic hydroxyl groups is 4. The molecule has 0 aromatic carbocycles. The van der Waals surface area contributed by atoms with Gasteiger partial charge in [-0.2, -0.15) is 0 Å². The Morgan fingerprint density at radius 3 is 2.25 bits per heavy atom. The second-order valence-electron chi connectivity index (χ2n) is 3.24. The van der Waals surface area contributed by atoms with E-state index in [1.807, 2.05) is 16.0 Å². The van der Waals surface area contributed by atoms with Crippen molar-refractivity contribution in [3.8, 4) is 0 Å². The van der Waals surface area contributed by atoms with Crippen molar-refractivity contribution in [3.63, 3.8) is 0 Å². The topological polar surface area (TPSA) is 126 Å². The minimum absolute atomic E-state index is 0. The van der Waals surface area contributed by atoms with Gasteiger partial charge in [0, 0.05) is 0 Å². The quantitative estimate of drug-likeness (QED) is 0.179. The number of ether oxygens (including phenoxy) is 1. The summed E-state index contributed by atoms with van der Waals surface area (Å²) in [5.74, 6) is 0. The Morgan fingerprint density at radius 1 is 1.25 bits per heavy atom. The van der Waals surface area contributed by atoms with Gasteiger partial charge >= 0.3 is 93.9 Å². The first-order valence-electron chi connectivity index (χ1n) is 4.32. The maximum absolute atomic E-state index is 9.49. The van der Waals surface area contributed by atoms with Crippen LogP contribution < -0.4 is 5.32 Å². The van der Waals surface area contributed by atoms with E-state index in [0.717, 1.165) is 0 Å². The van der Waals surface area contributed by atoms with E-state index in [4.69, 9.17) is 15.3 Å². The molecule has 0 aromatic heterocycles. The van der Waals surface area contributed by atoms with Gasteiger partial charge in [-0.25, -0.2) is 0 Å². The molecule has 1 unspecified atom stereocenters. The zero-order chi connectivity index (χ0) is 11.6. The normalized spacial score (nSPS) is 38.7. The summed E-state index contributed by atoms with van der Waals surface area (Å²) < 4.78 is 5.06. The van der Waals surface area contributed by atoms with E-state index in [9.17, 15) is 15.3 Å². The summed E-state index contributed by atoms with van der Waals surface area (Å²) in [6.07, 6.45) is -6.11. The SMILES string of the molecule is Cl.N=C([SeH])NC1O[C@H](CO)[C@@H](O)[C@H](O)[C@H]1O. The molecule has 0 aromatic rings. The summed E-state index contributed by atoms with van der Waals surface area (Å²) in [6, 6.07) is 0. The van der Waals surface area contributed by atoms with Crippen molar-refractivity contribution in [2.24, 2.45) is 0 Å².